The SMILES string of the molecule is COc1cccc(OCC(O)CNCC(C)(O)CSC)c1. The van der Waals surface area contributed by atoms with Crippen LogP contribution in [0, 0.1) is 0 Å². The molecule has 6 heteroatoms. The highest BCUT2D eigenvalue weighted by atomic mass is 32.2. The molecule has 0 fully saturated rings. The first kappa shape index (κ1) is 18.1. The molecular formula is C15H25NO4S. The van der Waals surface area contributed by atoms with Crippen LogP contribution in [0.5, 0.6) is 11.5 Å². The zero-order chi connectivity index (χ0) is 15.7. The number of hydrogen-bond donors (Lipinski definition) is 3. The van der Waals surface area contributed by atoms with Gasteiger partial charge in [-0.15, -0.1) is 0 Å². The molecule has 0 aliphatic carbocycles. The first-order valence-electron chi connectivity index (χ1n) is 6.84. The third kappa shape index (κ3) is 7.57. The Balaban J connectivity index is 2.26. The third-order valence-corrected chi connectivity index (χ3v) is 3.74. The second-order valence-electron chi connectivity index (χ2n) is 5.20. The van der Waals surface area contributed by atoms with Crippen molar-refractivity contribution < 1.29 is 19.7 Å². The van der Waals surface area contributed by atoms with Crippen molar-refractivity contribution in [2.45, 2.75) is 18.6 Å². The van der Waals surface area contributed by atoms with Crippen molar-refractivity contribution in [3.63, 3.8) is 0 Å². The second kappa shape index (κ2) is 9.15. The molecule has 21 heavy (non-hydrogen) atoms. The molecule has 2 atom stereocenters. The molecule has 2 unspecified atom stereocenters. The lowest BCUT2D eigenvalue weighted by atomic mass is 10.1. The van der Waals surface area contributed by atoms with Crippen molar-refractivity contribution in [2.75, 3.05) is 38.8 Å². The first-order valence-corrected chi connectivity index (χ1v) is 8.23. The van der Waals surface area contributed by atoms with Crippen molar-refractivity contribution in [1.29, 1.82) is 0 Å². The number of benzene rings is 1. The maximum absolute atomic E-state index is 9.98. The number of ether oxygens (including phenoxy) is 2. The maximum Gasteiger partial charge on any atom is 0.123 e. The van der Waals surface area contributed by atoms with E-state index in [2.05, 4.69) is 5.32 Å². The van der Waals surface area contributed by atoms with Crippen molar-refractivity contribution >= 4 is 11.8 Å². The Morgan fingerprint density at radius 1 is 1.38 bits per heavy atom. The van der Waals surface area contributed by atoms with Crippen molar-refractivity contribution in [1.82, 2.24) is 5.32 Å². The molecule has 0 aromatic heterocycles. The average molecular weight is 315 g/mol. The minimum absolute atomic E-state index is 0.185. The summed E-state index contributed by atoms with van der Waals surface area (Å²) in [5.74, 6) is 2.02. The van der Waals surface area contributed by atoms with Gasteiger partial charge < -0.3 is 25.0 Å². The lowest BCUT2D eigenvalue weighted by Crippen LogP contribution is -2.43. The van der Waals surface area contributed by atoms with Gasteiger partial charge >= 0.3 is 0 Å². The molecule has 0 heterocycles. The monoisotopic (exact) mass is 315 g/mol. The van der Waals surface area contributed by atoms with Crippen LogP contribution in [0.25, 0.3) is 0 Å². The standard InChI is InChI=1S/C15H25NO4S/c1-15(18,11-21-3)10-16-8-12(17)9-20-14-6-4-5-13(7-14)19-2/h4-7,12,16-18H,8-11H2,1-3H3. The molecule has 0 aliphatic heterocycles. The minimum atomic E-state index is -0.771. The number of thioether (sulfide) groups is 1. The summed E-state index contributed by atoms with van der Waals surface area (Å²) in [6, 6.07) is 7.24. The van der Waals surface area contributed by atoms with Crippen molar-refractivity contribution in [3.8, 4) is 11.5 Å². The summed E-state index contributed by atoms with van der Waals surface area (Å²) in [4.78, 5) is 0. The molecule has 5 nitrogen and oxygen atoms in total. The lowest BCUT2D eigenvalue weighted by molar-refractivity contribution is 0.0701. The molecule has 0 aliphatic rings. The fourth-order valence-corrected chi connectivity index (χ4v) is 2.54. The Morgan fingerprint density at radius 3 is 2.76 bits per heavy atom. The van der Waals surface area contributed by atoms with Crippen LogP contribution in [0.3, 0.4) is 0 Å². The number of aliphatic hydroxyl groups is 2. The predicted molar refractivity (Wildman–Crippen MR) is 86.4 cm³/mol. The lowest BCUT2D eigenvalue weighted by Gasteiger charge is -2.23. The largest absolute Gasteiger partial charge is 0.497 e. The van der Waals surface area contributed by atoms with Gasteiger partial charge in [-0.25, -0.2) is 0 Å². The number of rotatable bonds is 10. The topological polar surface area (TPSA) is 71.0 Å². The predicted octanol–water partition coefficient (Wildman–Crippen LogP) is 1.14. The van der Waals surface area contributed by atoms with E-state index in [0.29, 0.717) is 30.3 Å². The normalized spacial score (nSPS) is 15.3. The zero-order valence-corrected chi connectivity index (χ0v) is 13.7. The van der Waals surface area contributed by atoms with Gasteiger partial charge in [-0.05, 0) is 25.3 Å². The third-order valence-electron chi connectivity index (χ3n) is 2.82. The minimum Gasteiger partial charge on any atom is -0.497 e. The fraction of sp³-hybridized carbons (Fsp3) is 0.600. The Morgan fingerprint density at radius 2 is 2.10 bits per heavy atom. The summed E-state index contributed by atoms with van der Waals surface area (Å²) in [6.45, 7) is 2.76. The van der Waals surface area contributed by atoms with E-state index in [-0.39, 0.29) is 6.61 Å². The van der Waals surface area contributed by atoms with Crippen LogP contribution in [-0.2, 0) is 0 Å². The Hall–Kier alpha value is -0.950. The molecule has 0 saturated carbocycles. The van der Waals surface area contributed by atoms with Gasteiger partial charge in [0.05, 0.1) is 12.7 Å². The van der Waals surface area contributed by atoms with E-state index in [4.69, 9.17) is 9.47 Å². The van der Waals surface area contributed by atoms with E-state index in [1.807, 2.05) is 24.5 Å². The summed E-state index contributed by atoms with van der Waals surface area (Å²) in [5, 5.41) is 22.9. The van der Waals surface area contributed by atoms with Crippen LogP contribution in [0.4, 0.5) is 0 Å². The summed E-state index contributed by atoms with van der Waals surface area (Å²) in [7, 11) is 1.60. The molecule has 1 aromatic rings. The van der Waals surface area contributed by atoms with Gasteiger partial charge in [-0.2, -0.15) is 11.8 Å². The van der Waals surface area contributed by atoms with Crippen LogP contribution < -0.4 is 14.8 Å². The van der Waals surface area contributed by atoms with Gasteiger partial charge in [0.1, 0.15) is 24.2 Å². The average Bonchev–Trinajstić information content (AvgIpc) is 2.45. The quantitative estimate of drug-likeness (QED) is 0.601. The second-order valence-corrected chi connectivity index (χ2v) is 6.07. The van der Waals surface area contributed by atoms with E-state index in [1.165, 1.54) is 0 Å². The van der Waals surface area contributed by atoms with Gasteiger partial charge in [-0.1, -0.05) is 6.07 Å². The molecule has 1 rings (SSSR count). The first-order chi connectivity index (χ1) is 9.96. The number of aliphatic hydroxyl groups excluding tert-OH is 1. The van der Waals surface area contributed by atoms with Crippen molar-refractivity contribution in [2.24, 2.45) is 0 Å². The molecule has 0 radical (unpaired) electrons. The summed E-state index contributed by atoms with van der Waals surface area (Å²) >= 11 is 1.59. The van der Waals surface area contributed by atoms with Crippen LogP contribution in [0.1, 0.15) is 6.92 Å². The van der Waals surface area contributed by atoms with E-state index in [1.54, 1.807) is 31.9 Å². The number of nitrogens with one attached hydrogen (secondary N) is 1. The fourth-order valence-electron chi connectivity index (χ4n) is 1.81. The van der Waals surface area contributed by atoms with Gasteiger partial charge in [0, 0.05) is 24.9 Å². The summed E-state index contributed by atoms with van der Waals surface area (Å²) < 4.78 is 10.6. The number of hydrogen-bond acceptors (Lipinski definition) is 6. The Labute approximate surface area is 130 Å². The molecule has 1 aromatic carbocycles. The van der Waals surface area contributed by atoms with Gasteiger partial charge in [-0.3, -0.25) is 0 Å². The molecule has 0 amide bonds. The van der Waals surface area contributed by atoms with Crippen LogP contribution in [-0.4, -0.2) is 60.7 Å². The highest BCUT2D eigenvalue weighted by molar-refractivity contribution is 7.98. The number of methoxy groups -OCH3 is 1. The van der Waals surface area contributed by atoms with E-state index >= 15 is 0 Å². The van der Waals surface area contributed by atoms with Crippen LogP contribution >= 0.6 is 11.8 Å². The summed E-state index contributed by atoms with van der Waals surface area (Å²) in [6.07, 6.45) is 1.31. The molecule has 120 valence electrons. The molecule has 0 saturated heterocycles. The Kier molecular flexibility index (Phi) is 7.88. The highest BCUT2D eigenvalue weighted by Gasteiger charge is 2.19. The van der Waals surface area contributed by atoms with E-state index in [0.717, 1.165) is 0 Å². The summed E-state index contributed by atoms with van der Waals surface area (Å²) in [5.41, 5.74) is -0.771. The molecular weight excluding hydrogens is 290 g/mol. The Bertz CT molecular complexity index is 414. The highest BCUT2D eigenvalue weighted by Crippen LogP contribution is 2.18. The van der Waals surface area contributed by atoms with Crippen LogP contribution in [0.15, 0.2) is 24.3 Å². The zero-order valence-electron chi connectivity index (χ0n) is 12.8. The van der Waals surface area contributed by atoms with Gasteiger partial charge in [0.2, 0.25) is 0 Å². The van der Waals surface area contributed by atoms with E-state index < -0.39 is 11.7 Å². The maximum atomic E-state index is 9.98. The molecule has 0 spiro atoms. The molecule has 3 N–H and O–H groups in total. The van der Waals surface area contributed by atoms with Crippen molar-refractivity contribution in [3.05, 3.63) is 24.3 Å². The molecule has 0 bridgehead atoms. The van der Waals surface area contributed by atoms with Gasteiger partial charge in [0.25, 0.3) is 0 Å². The van der Waals surface area contributed by atoms with Crippen LogP contribution in [0.2, 0.25) is 0 Å². The van der Waals surface area contributed by atoms with Gasteiger partial charge in [0.15, 0.2) is 0 Å². The smallest absolute Gasteiger partial charge is 0.123 e. The van der Waals surface area contributed by atoms with E-state index in [9.17, 15) is 10.2 Å².